The fourth-order valence-electron chi connectivity index (χ4n) is 3.44. The van der Waals surface area contributed by atoms with Gasteiger partial charge in [0, 0.05) is 16.1 Å². The summed E-state index contributed by atoms with van der Waals surface area (Å²) >= 11 is 6.86. The van der Waals surface area contributed by atoms with Crippen LogP contribution in [0.25, 0.3) is 6.08 Å². The highest BCUT2D eigenvalue weighted by atomic mass is 35.5. The Hall–Kier alpha value is -2.24. The van der Waals surface area contributed by atoms with E-state index in [-0.39, 0.29) is 34.3 Å². The van der Waals surface area contributed by atoms with Gasteiger partial charge in [0.25, 0.3) is 11.1 Å². The van der Waals surface area contributed by atoms with E-state index in [0.717, 1.165) is 34.0 Å². The monoisotopic (exact) mass is 457 g/mol. The average molecular weight is 458 g/mol. The minimum absolute atomic E-state index is 0.204. The summed E-state index contributed by atoms with van der Waals surface area (Å²) in [6.45, 7) is 12.4. The van der Waals surface area contributed by atoms with E-state index in [1.165, 1.54) is 4.90 Å². The second-order valence-electron chi connectivity index (χ2n) is 9.86. The molecule has 0 saturated carbocycles. The predicted molar refractivity (Wildman–Crippen MR) is 128 cm³/mol. The van der Waals surface area contributed by atoms with Crippen molar-refractivity contribution in [2.45, 2.75) is 58.9 Å². The van der Waals surface area contributed by atoms with Crippen LogP contribution in [0.2, 0.25) is 5.02 Å². The molecule has 0 bridgehead atoms. The van der Waals surface area contributed by atoms with Crippen molar-refractivity contribution in [3.05, 3.63) is 68.6 Å². The summed E-state index contributed by atoms with van der Waals surface area (Å²) < 4.78 is 0. The van der Waals surface area contributed by atoms with Crippen LogP contribution in [0.15, 0.2) is 41.3 Å². The van der Waals surface area contributed by atoms with Crippen LogP contribution in [0.3, 0.4) is 0 Å². The first-order valence-corrected chi connectivity index (χ1v) is 11.3. The molecule has 6 heteroatoms. The number of halogens is 1. The summed E-state index contributed by atoms with van der Waals surface area (Å²) in [6.07, 6.45) is 1.75. The fourth-order valence-corrected chi connectivity index (χ4v) is 4.41. The largest absolute Gasteiger partial charge is 0.507 e. The Labute approximate surface area is 193 Å². The third kappa shape index (κ3) is 5.16. The van der Waals surface area contributed by atoms with Crippen molar-refractivity contribution in [2.24, 2.45) is 0 Å². The normalized spacial score (nSPS) is 16.5. The zero-order chi connectivity index (χ0) is 23.1. The molecule has 1 aliphatic heterocycles. The molecule has 2 aromatic carbocycles. The van der Waals surface area contributed by atoms with Crippen LogP contribution in [0, 0.1) is 0 Å². The van der Waals surface area contributed by atoms with Crippen molar-refractivity contribution < 1.29 is 14.7 Å². The highest BCUT2D eigenvalue weighted by Gasteiger charge is 2.35. The zero-order valence-corrected chi connectivity index (χ0v) is 20.3. The minimum Gasteiger partial charge on any atom is -0.507 e. The van der Waals surface area contributed by atoms with Crippen LogP contribution in [0.1, 0.15) is 63.8 Å². The quantitative estimate of drug-likeness (QED) is 0.510. The van der Waals surface area contributed by atoms with E-state index in [1.54, 1.807) is 30.3 Å². The van der Waals surface area contributed by atoms with E-state index in [2.05, 4.69) is 0 Å². The molecular formula is C25H28ClNO3S. The lowest BCUT2D eigenvalue weighted by Crippen LogP contribution is -2.27. The number of carbonyl (C=O) groups excluding carboxylic acids is 2. The Bertz CT molecular complexity index is 1020. The summed E-state index contributed by atoms with van der Waals surface area (Å²) in [5.41, 5.74) is 2.70. The van der Waals surface area contributed by atoms with Crippen molar-refractivity contribution >= 4 is 40.6 Å². The summed E-state index contributed by atoms with van der Waals surface area (Å²) in [5.74, 6) is -0.0272. The molecule has 0 aliphatic carbocycles. The third-order valence-electron chi connectivity index (χ3n) is 5.17. The zero-order valence-electron chi connectivity index (χ0n) is 18.7. The standard InChI is InChI=1S/C25H28ClNO3S/c1-24(2,3)18-11-16(12-19(21(18)28)25(4,5)6)13-20-22(29)27(23(30)31-20)14-15-7-9-17(26)10-8-15/h7-13,28H,14H2,1-6H3/b20-13-. The van der Waals surface area contributed by atoms with Crippen LogP contribution >= 0.6 is 23.4 Å². The van der Waals surface area contributed by atoms with Gasteiger partial charge >= 0.3 is 0 Å². The average Bonchev–Trinajstić information content (AvgIpc) is 2.90. The second-order valence-corrected chi connectivity index (χ2v) is 11.3. The van der Waals surface area contributed by atoms with Gasteiger partial charge in [-0.2, -0.15) is 0 Å². The van der Waals surface area contributed by atoms with E-state index in [0.29, 0.717) is 9.93 Å². The molecule has 1 N–H and O–H groups in total. The Morgan fingerprint density at radius 2 is 1.48 bits per heavy atom. The highest BCUT2D eigenvalue weighted by Crippen LogP contribution is 2.41. The van der Waals surface area contributed by atoms with Gasteiger partial charge in [0.05, 0.1) is 11.4 Å². The molecule has 2 amide bonds. The smallest absolute Gasteiger partial charge is 0.293 e. The Morgan fingerprint density at radius 1 is 0.968 bits per heavy atom. The van der Waals surface area contributed by atoms with Gasteiger partial charge in [-0.1, -0.05) is 65.3 Å². The number of aromatic hydroxyl groups is 1. The maximum atomic E-state index is 13.0. The van der Waals surface area contributed by atoms with Crippen LogP contribution < -0.4 is 0 Å². The first kappa shape index (κ1) is 23.4. The molecule has 31 heavy (non-hydrogen) atoms. The van der Waals surface area contributed by atoms with E-state index >= 15 is 0 Å². The number of rotatable bonds is 3. The molecule has 2 aromatic rings. The number of carbonyl (C=O) groups is 2. The Kier molecular flexibility index (Phi) is 6.32. The van der Waals surface area contributed by atoms with Gasteiger partial charge in [-0.05, 0) is 64.1 Å². The first-order valence-electron chi connectivity index (χ1n) is 10.1. The summed E-state index contributed by atoms with van der Waals surface area (Å²) in [5, 5.41) is 11.2. The SMILES string of the molecule is CC(C)(C)c1cc(/C=C2\SC(=O)N(Cc3ccc(Cl)cc3)C2=O)cc(C(C)(C)C)c1O. The van der Waals surface area contributed by atoms with Crippen LogP contribution in [-0.4, -0.2) is 21.2 Å². The molecule has 1 aliphatic rings. The van der Waals surface area contributed by atoms with Crippen LogP contribution in [0.4, 0.5) is 4.79 Å². The molecule has 0 atom stereocenters. The number of imide groups is 1. The lowest BCUT2D eigenvalue weighted by Gasteiger charge is -2.28. The van der Waals surface area contributed by atoms with Gasteiger partial charge in [-0.3, -0.25) is 14.5 Å². The summed E-state index contributed by atoms with van der Waals surface area (Å²) in [4.78, 5) is 27.1. The number of amides is 2. The van der Waals surface area contributed by atoms with Crippen molar-refractivity contribution in [3.63, 3.8) is 0 Å². The van der Waals surface area contributed by atoms with Gasteiger partial charge < -0.3 is 5.11 Å². The summed E-state index contributed by atoms with van der Waals surface area (Å²) in [7, 11) is 0. The van der Waals surface area contributed by atoms with Crippen molar-refractivity contribution in [2.75, 3.05) is 0 Å². The molecule has 0 spiro atoms. The van der Waals surface area contributed by atoms with Gasteiger partial charge in [-0.15, -0.1) is 0 Å². The molecule has 0 radical (unpaired) electrons. The number of hydrogen-bond donors (Lipinski definition) is 1. The Morgan fingerprint density at radius 3 is 1.97 bits per heavy atom. The topological polar surface area (TPSA) is 57.6 Å². The maximum Gasteiger partial charge on any atom is 0.293 e. The van der Waals surface area contributed by atoms with Crippen LogP contribution in [-0.2, 0) is 22.2 Å². The molecule has 3 rings (SSSR count). The highest BCUT2D eigenvalue weighted by molar-refractivity contribution is 8.18. The number of nitrogens with zero attached hydrogens (tertiary/aromatic N) is 1. The van der Waals surface area contributed by atoms with E-state index in [1.807, 2.05) is 53.7 Å². The van der Waals surface area contributed by atoms with Gasteiger partial charge in [-0.25, -0.2) is 0 Å². The van der Waals surface area contributed by atoms with Gasteiger partial charge in [0.2, 0.25) is 0 Å². The number of phenolic OH excluding ortho intramolecular Hbond substituents is 1. The molecule has 1 heterocycles. The maximum absolute atomic E-state index is 13.0. The minimum atomic E-state index is -0.312. The number of thioether (sulfide) groups is 1. The number of phenols is 1. The number of benzene rings is 2. The lowest BCUT2D eigenvalue weighted by molar-refractivity contribution is -0.123. The van der Waals surface area contributed by atoms with Crippen LogP contribution in [0.5, 0.6) is 5.75 Å². The Balaban J connectivity index is 1.98. The summed E-state index contributed by atoms with van der Waals surface area (Å²) in [6, 6.07) is 10.9. The molecule has 4 nitrogen and oxygen atoms in total. The van der Waals surface area contributed by atoms with E-state index in [4.69, 9.17) is 11.6 Å². The third-order valence-corrected chi connectivity index (χ3v) is 6.33. The van der Waals surface area contributed by atoms with Crippen molar-refractivity contribution in [3.8, 4) is 5.75 Å². The van der Waals surface area contributed by atoms with E-state index in [9.17, 15) is 14.7 Å². The second kappa shape index (κ2) is 8.36. The molecule has 1 saturated heterocycles. The molecule has 0 aromatic heterocycles. The van der Waals surface area contributed by atoms with Crippen molar-refractivity contribution in [1.29, 1.82) is 0 Å². The number of hydrogen-bond acceptors (Lipinski definition) is 4. The van der Waals surface area contributed by atoms with Crippen molar-refractivity contribution in [1.82, 2.24) is 4.90 Å². The van der Waals surface area contributed by atoms with E-state index < -0.39 is 0 Å². The molecular weight excluding hydrogens is 430 g/mol. The lowest BCUT2D eigenvalue weighted by atomic mass is 9.78. The fraction of sp³-hybridized carbons (Fsp3) is 0.360. The first-order chi connectivity index (χ1) is 14.3. The molecule has 164 valence electrons. The van der Waals surface area contributed by atoms with Gasteiger partial charge in [0.15, 0.2) is 0 Å². The molecule has 0 unspecified atom stereocenters. The molecule has 1 fully saturated rings. The van der Waals surface area contributed by atoms with Gasteiger partial charge in [0.1, 0.15) is 5.75 Å². The predicted octanol–water partition coefficient (Wildman–Crippen LogP) is 6.88.